The summed E-state index contributed by atoms with van der Waals surface area (Å²) in [7, 11) is 0. The summed E-state index contributed by atoms with van der Waals surface area (Å²) in [6, 6.07) is 6.07. The van der Waals surface area contributed by atoms with E-state index in [0.29, 0.717) is 0 Å². The van der Waals surface area contributed by atoms with Gasteiger partial charge in [-0.05, 0) is 62.5 Å². The molecule has 2 atom stereocenters. The molecule has 1 heterocycles. The van der Waals surface area contributed by atoms with E-state index in [1.165, 1.54) is 19.3 Å². The van der Waals surface area contributed by atoms with Crippen molar-refractivity contribution >= 4 is 0 Å². The minimum absolute atomic E-state index is 0.177. The summed E-state index contributed by atoms with van der Waals surface area (Å²) in [5.41, 5.74) is 0.905. The molecule has 102 valence electrons. The van der Waals surface area contributed by atoms with E-state index >= 15 is 0 Å². The molecular formula is C16H22N2O. The Hall–Kier alpha value is -0.930. The van der Waals surface area contributed by atoms with Crippen LogP contribution in [-0.2, 0) is 6.54 Å². The van der Waals surface area contributed by atoms with Crippen molar-refractivity contribution < 1.29 is 5.11 Å². The summed E-state index contributed by atoms with van der Waals surface area (Å²) in [5, 5.41) is 14.5. The quantitative estimate of drug-likeness (QED) is 0.874. The molecule has 0 amide bonds. The van der Waals surface area contributed by atoms with Crippen LogP contribution in [0.2, 0.25) is 0 Å². The molecule has 2 unspecified atom stereocenters. The highest BCUT2D eigenvalue weighted by atomic mass is 16.3. The van der Waals surface area contributed by atoms with E-state index in [2.05, 4.69) is 16.4 Å². The van der Waals surface area contributed by atoms with Crippen molar-refractivity contribution in [3.63, 3.8) is 0 Å². The number of pyridine rings is 1. The van der Waals surface area contributed by atoms with Crippen molar-refractivity contribution in [2.45, 2.75) is 56.2 Å². The van der Waals surface area contributed by atoms with Gasteiger partial charge in [0, 0.05) is 18.3 Å². The first-order chi connectivity index (χ1) is 9.15. The fraction of sp³-hybridized carbons (Fsp3) is 0.688. The second kappa shape index (κ2) is 4.03. The maximum absolute atomic E-state index is 10.7. The Bertz CT molecular complexity index is 459. The number of aliphatic hydroxyl groups is 1. The van der Waals surface area contributed by atoms with Gasteiger partial charge in [-0.15, -0.1) is 0 Å². The van der Waals surface area contributed by atoms with E-state index < -0.39 is 0 Å². The van der Waals surface area contributed by atoms with Crippen LogP contribution in [0.4, 0.5) is 0 Å². The number of hydrogen-bond acceptors (Lipinski definition) is 3. The second-order valence-corrected chi connectivity index (χ2v) is 7.14. The van der Waals surface area contributed by atoms with Gasteiger partial charge in [-0.3, -0.25) is 4.98 Å². The van der Waals surface area contributed by atoms with Crippen LogP contribution in [0, 0.1) is 11.8 Å². The van der Waals surface area contributed by atoms with Crippen LogP contribution in [0.15, 0.2) is 24.4 Å². The van der Waals surface area contributed by atoms with Crippen molar-refractivity contribution in [2.75, 3.05) is 0 Å². The van der Waals surface area contributed by atoms with E-state index in [9.17, 15) is 5.11 Å². The summed E-state index contributed by atoms with van der Waals surface area (Å²) in [6.45, 7) is 0.830. The molecule has 3 nitrogen and oxygen atoms in total. The van der Waals surface area contributed by atoms with Gasteiger partial charge < -0.3 is 10.4 Å². The number of rotatable bonds is 3. The van der Waals surface area contributed by atoms with Gasteiger partial charge in [0.2, 0.25) is 0 Å². The topological polar surface area (TPSA) is 45.1 Å². The highest BCUT2D eigenvalue weighted by molar-refractivity contribution is 5.13. The average Bonchev–Trinajstić information content (AvgIpc) is 2.35. The number of hydrogen-bond donors (Lipinski definition) is 2. The molecule has 5 rings (SSSR count). The number of nitrogens with one attached hydrogen (secondary N) is 1. The predicted molar refractivity (Wildman–Crippen MR) is 73.4 cm³/mol. The summed E-state index contributed by atoms with van der Waals surface area (Å²) >= 11 is 0. The van der Waals surface area contributed by atoms with E-state index in [1.54, 1.807) is 0 Å². The number of aromatic nitrogens is 1. The molecule has 19 heavy (non-hydrogen) atoms. The van der Waals surface area contributed by atoms with Crippen LogP contribution < -0.4 is 5.32 Å². The van der Waals surface area contributed by atoms with Crippen molar-refractivity contribution in [3.8, 4) is 0 Å². The summed E-state index contributed by atoms with van der Waals surface area (Å²) in [5.74, 6) is 1.48. The summed E-state index contributed by atoms with van der Waals surface area (Å²) < 4.78 is 0. The first-order valence-electron chi connectivity index (χ1n) is 7.52. The molecule has 0 aromatic carbocycles. The monoisotopic (exact) mass is 258 g/mol. The largest absolute Gasteiger partial charge is 0.390 e. The zero-order chi connectivity index (χ0) is 12.9. The second-order valence-electron chi connectivity index (χ2n) is 7.14. The van der Waals surface area contributed by atoms with Gasteiger partial charge in [0.05, 0.1) is 11.3 Å². The summed E-state index contributed by atoms with van der Waals surface area (Å²) in [6.07, 6.45) is 8.71. The molecule has 4 saturated carbocycles. The molecule has 1 aromatic rings. The van der Waals surface area contributed by atoms with Gasteiger partial charge in [-0.2, -0.15) is 0 Å². The van der Waals surface area contributed by atoms with E-state index in [-0.39, 0.29) is 11.1 Å². The Balaban J connectivity index is 1.51. The van der Waals surface area contributed by atoms with Gasteiger partial charge in [0.1, 0.15) is 0 Å². The highest BCUT2D eigenvalue weighted by Crippen LogP contribution is 2.57. The lowest BCUT2D eigenvalue weighted by molar-refractivity contribution is -0.142. The molecule has 2 N–H and O–H groups in total. The SMILES string of the molecule is OC12CC3CC(C1)CC(NCc1ccccn1)(C3)C2. The van der Waals surface area contributed by atoms with E-state index in [0.717, 1.165) is 43.3 Å². The van der Waals surface area contributed by atoms with E-state index in [1.807, 2.05) is 18.3 Å². The maximum Gasteiger partial charge on any atom is 0.0670 e. The van der Waals surface area contributed by atoms with Crippen LogP contribution in [0.3, 0.4) is 0 Å². The fourth-order valence-electron chi connectivity index (χ4n) is 5.20. The van der Waals surface area contributed by atoms with Gasteiger partial charge in [0.15, 0.2) is 0 Å². The van der Waals surface area contributed by atoms with E-state index in [4.69, 9.17) is 0 Å². The van der Waals surface area contributed by atoms with Crippen molar-refractivity contribution in [1.82, 2.24) is 10.3 Å². The van der Waals surface area contributed by atoms with Gasteiger partial charge in [-0.1, -0.05) is 6.07 Å². The lowest BCUT2D eigenvalue weighted by Gasteiger charge is -2.60. The zero-order valence-corrected chi connectivity index (χ0v) is 11.3. The van der Waals surface area contributed by atoms with Crippen LogP contribution in [0.25, 0.3) is 0 Å². The molecule has 1 aromatic heterocycles. The van der Waals surface area contributed by atoms with Crippen LogP contribution in [0.5, 0.6) is 0 Å². The third-order valence-corrected chi connectivity index (χ3v) is 5.40. The van der Waals surface area contributed by atoms with Crippen molar-refractivity contribution in [3.05, 3.63) is 30.1 Å². The van der Waals surface area contributed by atoms with Gasteiger partial charge in [0.25, 0.3) is 0 Å². The molecule has 4 aliphatic rings. The molecule has 0 spiro atoms. The molecule has 0 aliphatic heterocycles. The molecule has 4 aliphatic carbocycles. The standard InChI is InChI=1S/C16H22N2O/c19-16-8-12-5-13(9-16)7-15(6-12,11-16)18-10-14-3-1-2-4-17-14/h1-4,12-13,18-19H,5-11H2. The Morgan fingerprint density at radius 1 is 1.21 bits per heavy atom. The smallest absolute Gasteiger partial charge is 0.0670 e. The van der Waals surface area contributed by atoms with Crippen LogP contribution >= 0.6 is 0 Å². The van der Waals surface area contributed by atoms with Crippen molar-refractivity contribution in [2.24, 2.45) is 11.8 Å². The van der Waals surface area contributed by atoms with Crippen molar-refractivity contribution in [1.29, 1.82) is 0 Å². The normalized spacial score (nSPS) is 43.6. The van der Waals surface area contributed by atoms with Crippen LogP contribution in [-0.4, -0.2) is 21.2 Å². The van der Waals surface area contributed by atoms with Gasteiger partial charge >= 0.3 is 0 Å². The molecule has 3 heteroatoms. The minimum atomic E-state index is -0.374. The van der Waals surface area contributed by atoms with Crippen LogP contribution in [0.1, 0.15) is 44.2 Å². The molecule has 4 fully saturated rings. The Kier molecular flexibility index (Phi) is 2.52. The number of nitrogens with zero attached hydrogens (tertiary/aromatic N) is 1. The molecule has 0 saturated heterocycles. The van der Waals surface area contributed by atoms with Gasteiger partial charge in [-0.25, -0.2) is 0 Å². The lowest BCUT2D eigenvalue weighted by Crippen LogP contribution is -2.64. The predicted octanol–water partition coefficient (Wildman–Crippen LogP) is 2.25. The zero-order valence-electron chi connectivity index (χ0n) is 11.3. The minimum Gasteiger partial charge on any atom is -0.390 e. The third-order valence-electron chi connectivity index (χ3n) is 5.40. The highest BCUT2D eigenvalue weighted by Gasteiger charge is 2.56. The third kappa shape index (κ3) is 2.09. The lowest BCUT2D eigenvalue weighted by atomic mass is 9.51. The maximum atomic E-state index is 10.7. The fourth-order valence-corrected chi connectivity index (χ4v) is 5.20. The first kappa shape index (κ1) is 11.9. The Morgan fingerprint density at radius 2 is 2.00 bits per heavy atom. The average molecular weight is 258 g/mol. The molecule has 4 bridgehead atoms. The molecule has 0 radical (unpaired) electrons. The molecular weight excluding hydrogens is 236 g/mol. The Labute approximate surface area is 114 Å². The first-order valence-corrected chi connectivity index (χ1v) is 7.52. The summed E-state index contributed by atoms with van der Waals surface area (Å²) in [4.78, 5) is 4.39. The Morgan fingerprint density at radius 3 is 2.63 bits per heavy atom.